The molecule has 0 aliphatic rings. The lowest BCUT2D eigenvalue weighted by molar-refractivity contribution is 0.0954. The zero-order valence-corrected chi connectivity index (χ0v) is 9.77. The third-order valence-corrected chi connectivity index (χ3v) is 2.11. The zero-order chi connectivity index (χ0) is 12.0. The van der Waals surface area contributed by atoms with Crippen molar-refractivity contribution >= 4 is 23.2 Å². The number of halogens is 1. The topological polar surface area (TPSA) is 55.1 Å². The van der Waals surface area contributed by atoms with Gasteiger partial charge in [0.1, 0.15) is 0 Å². The van der Waals surface area contributed by atoms with E-state index in [4.69, 9.17) is 17.3 Å². The van der Waals surface area contributed by atoms with Crippen LogP contribution in [0.25, 0.3) is 0 Å². The van der Waals surface area contributed by atoms with Crippen molar-refractivity contribution in [2.45, 2.75) is 13.3 Å². The smallest absolute Gasteiger partial charge is 0.251 e. The van der Waals surface area contributed by atoms with Crippen molar-refractivity contribution in [2.75, 3.05) is 12.3 Å². The molecule has 1 aromatic rings. The van der Waals surface area contributed by atoms with E-state index in [2.05, 4.69) is 17.2 Å². The molecule has 84 valence electrons. The van der Waals surface area contributed by atoms with Crippen molar-refractivity contribution in [1.82, 2.24) is 5.32 Å². The van der Waals surface area contributed by atoms with Gasteiger partial charge in [0, 0.05) is 29.2 Å². The van der Waals surface area contributed by atoms with E-state index in [1.807, 2.05) is 0 Å². The van der Waals surface area contributed by atoms with E-state index < -0.39 is 0 Å². The minimum atomic E-state index is -0.188. The summed E-state index contributed by atoms with van der Waals surface area (Å²) >= 11 is 5.80. The molecule has 0 spiro atoms. The summed E-state index contributed by atoms with van der Waals surface area (Å²) in [4.78, 5) is 11.6. The van der Waals surface area contributed by atoms with Gasteiger partial charge in [-0.25, -0.2) is 0 Å². The van der Waals surface area contributed by atoms with Gasteiger partial charge in [-0.2, -0.15) is 0 Å². The zero-order valence-electron chi connectivity index (χ0n) is 9.01. The summed E-state index contributed by atoms with van der Waals surface area (Å²) in [6.07, 6.45) is 0.637. The normalized spacial score (nSPS) is 9.12. The second kappa shape index (κ2) is 6.04. The molecule has 0 unspecified atom stereocenters. The molecule has 0 saturated carbocycles. The van der Waals surface area contributed by atoms with E-state index in [9.17, 15) is 4.79 Å². The molecule has 0 bridgehead atoms. The number of benzene rings is 1. The number of nitrogens with one attached hydrogen (secondary N) is 1. The van der Waals surface area contributed by atoms with E-state index in [-0.39, 0.29) is 5.91 Å². The largest absolute Gasteiger partial charge is 0.399 e. The predicted octanol–water partition coefficient (Wildman–Crippen LogP) is 2.07. The molecule has 0 aromatic heterocycles. The van der Waals surface area contributed by atoms with Crippen LogP contribution in [0.3, 0.4) is 0 Å². The average Bonchev–Trinajstić information content (AvgIpc) is 2.22. The number of anilines is 1. The summed E-state index contributed by atoms with van der Waals surface area (Å²) in [6.45, 7) is 2.28. The van der Waals surface area contributed by atoms with Crippen LogP contribution in [0, 0.1) is 11.8 Å². The van der Waals surface area contributed by atoms with E-state index in [0.29, 0.717) is 29.2 Å². The summed E-state index contributed by atoms with van der Waals surface area (Å²) in [6, 6.07) is 4.77. The molecular weight excluding hydrogens is 224 g/mol. The van der Waals surface area contributed by atoms with Crippen LogP contribution in [-0.2, 0) is 0 Å². The fourth-order valence-electron chi connectivity index (χ4n) is 1.21. The fourth-order valence-corrected chi connectivity index (χ4v) is 1.45. The van der Waals surface area contributed by atoms with Crippen molar-refractivity contribution in [3.8, 4) is 11.8 Å². The fraction of sp³-hybridized carbons (Fsp3) is 0.250. The summed E-state index contributed by atoms with van der Waals surface area (Å²) in [5.41, 5.74) is 6.53. The summed E-state index contributed by atoms with van der Waals surface area (Å²) in [7, 11) is 0. The predicted molar refractivity (Wildman–Crippen MR) is 66.3 cm³/mol. The average molecular weight is 237 g/mol. The molecule has 3 nitrogen and oxygen atoms in total. The van der Waals surface area contributed by atoms with Gasteiger partial charge in [0.25, 0.3) is 5.91 Å². The molecule has 0 atom stereocenters. The van der Waals surface area contributed by atoms with Crippen molar-refractivity contribution in [2.24, 2.45) is 0 Å². The maximum atomic E-state index is 11.6. The Morgan fingerprint density at radius 1 is 1.50 bits per heavy atom. The standard InChI is InChI=1S/C12H13ClN2O/c1-2-3-4-5-15-12(16)9-6-10(13)8-11(14)7-9/h6-8H,4-5,14H2,1H3,(H,15,16). The van der Waals surface area contributed by atoms with E-state index >= 15 is 0 Å². The van der Waals surface area contributed by atoms with Crippen LogP contribution >= 0.6 is 11.6 Å². The Labute approximate surface area is 100.0 Å². The van der Waals surface area contributed by atoms with Crippen LogP contribution in [0.4, 0.5) is 5.69 Å². The Bertz CT molecular complexity index is 426. The van der Waals surface area contributed by atoms with Gasteiger partial charge >= 0.3 is 0 Å². The van der Waals surface area contributed by atoms with Crippen molar-refractivity contribution in [3.05, 3.63) is 28.8 Å². The molecule has 0 radical (unpaired) electrons. The van der Waals surface area contributed by atoms with Crippen LogP contribution in [0.15, 0.2) is 18.2 Å². The minimum Gasteiger partial charge on any atom is -0.399 e. The number of amides is 1. The van der Waals surface area contributed by atoms with Crippen LogP contribution in [0.5, 0.6) is 0 Å². The molecule has 1 amide bonds. The number of hydrogen-bond acceptors (Lipinski definition) is 2. The third-order valence-electron chi connectivity index (χ3n) is 1.89. The van der Waals surface area contributed by atoms with Gasteiger partial charge in [0.2, 0.25) is 0 Å². The minimum absolute atomic E-state index is 0.188. The lowest BCUT2D eigenvalue weighted by Gasteiger charge is -2.04. The van der Waals surface area contributed by atoms with Crippen molar-refractivity contribution in [1.29, 1.82) is 0 Å². The Hall–Kier alpha value is -1.66. The molecule has 1 aromatic carbocycles. The van der Waals surface area contributed by atoms with Crippen LogP contribution in [0.2, 0.25) is 5.02 Å². The Morgan fingerprint density at radius 3 is 2.88 bits per heavy atom. The second-order valence-electron chi connectivity index (χ2n) is 3.21. The molecule has 0 fully saturated rings. The number of nitrogen functional groups attached to an aromatic ring is 1. The van der Waals surface area contributed by atoms with Crippen molar-refractivity contribution in [3.63, 3.8) is 0 Å². The number of rotatable bonds is 3. The highest BCUT2D eigenvalue weighted by Gasteiger charge is 2.06. The summed E-state index contributed by atoms with van der Waals surface area (Å²) in [5.74, 6) is 5.43. The van der Waals surface area contributed by atoms with Crippen LogP contribution in [0.1, 0.15) is 23.7 Å². The third kappa shape index (κ3) is 3.84. The molecule has 0 heterocycles. The van der Waals surface area contributed by atoms with Crippen LogP contribution < -0.4 is 11.1 Å². The Kier molecular flexibility index (Phi) is 4.68. The number of carbonyl (C=O) groups excluding carboxylic acids is 1. The number of nitrogens with two attached hydrogens (primary N) is 1. The molecule has 0 aliphatic heterocycles. The van der Waals surface area contributed by atoms with Gasteiger partial charge in [0.05, 0.1) is 0 Å². The lowest BCUT2D eigenvalue weighted by atomic mass is 10.2. The van der Waals surface area contributed by atoms with Gasteiger partial charge in [-0.3, -0.25) is 4.79 Å². The molecule has 16 heavy (non-hydrogen) atoms. The second-order valence-corrected chi connectivity index (χ2v) is 3.64. The molecule has 3 N–H and O–H groups in total. The maximum Gasteiger partial charge on any atom is 0.251 e. The molecule has 1 rings (SSSR count). The summed E-state index contributed by atoms with van der Waals surface area (Å²) < 4.78 is 0. The van der Waals surface area contributed by atoms with Crippen molar-refractivity contribution < 1.29 is 4.79 Å². The Morgan fingerprint density at radius 2 is 2.25 bits per heavy atom. The van der Waals surface area contributed by atoms with Gasteiger partial charge in [0.15, 0.2) is 0 Å². The molecular formula is C12H13ClN2O. The summed E-state index contributed by atoms with van der Waals surface area (Å²) in [5, 5.41) is 3.19. The quantitative estimate of drug-likeness (QED) is 0.480. The highest BCUT2D eigenvalue weighted by atomic mass is 35.5. The van der Waals surface area contributed by atoms with E-state index in [0.717, 1.165) is 0 Å². The Balaban J connectivity index is 2.61. The molecule has 4 heteroatoms. The first-order valence-electron chi connectivity index (χ1n) is 4.87. The maximum absolute atomic E-state index is 11.6. The monoisotopic (exact) mass is 236 g/mol. The number of hydrogen-bond donors (Lipinski definition) is 2. The highest BCUT2D eigenvalue weighted by molar-refractivity contribution is 6.31. The van der Waals surface area contributed by atoms with Gasteiger partial charge < -0.3 is 11.1 Å². The first-order chi connectivity index (χ1) is 7.63. The number of carbonyl (C=O) groups is 1. The highest BCUT2D eigenvalue weighted by Crippen LogP contribution is 2.16. The SMILES string of the molecule is CC#CCCNC(=O)c1cc(N)cc(Cl)c1. The van der Waals surface area contributed by atoms with Gasteiger partial charge in [-0.05, 0) is 25.1 Å². The molecule has 0 saturated heterocycles. The van der Waals surface area contributed by atoms with E-state index in [1.165, 1.54) is 0 Å². The van der Waals surface area contributed by atoms with Gasteiger partial charge in [-0.1, -0.05) is 11.6 Å². The first kappa shape index (κ1) is 12.4. The van der Waals surface area contributed by atoms with Gasteiger partial charge in [-0.15, -0.1) is 11.8 Å². The van der Waals surface area contributed by atoms with E-state index in [1.54, 1.807) is 25.1 Å². The lowest BCUT2D eigenvalue weighted by Crippen LogP contribution is -2.24. The van der Waals surface area contributed by atoms with Crippen LogP contribution in [-0.4, -0.2) is 12.5 Å². The molecule has 0 aliphatic carbocycles. The first-order valence-corrected chi connectivity index (χ1v) is 5.25.